The minimum Gasteiger partial charge on any atom is -0.333 e. The van der Waals surface area contributed by atoms with Crippen LogP contribution >= 0.6 is 0 Å². The van der Waals surface area contributed by atoms with Crippen molar-refractivity contribution in [2.75, 3.05) is 6.54 Å². The minimum atomic E-state index is -0.116. The molecule has 0 aliphatic carbocycles. The van der Waals surface area contributed by atoms with E-state index in [1.165, 1.54) is 6.20 Å². The fourth-order valence-corrected chi connectivity index (χ4v) is 3.15. The van der Waals surface area contributed by atoms with Gasteiger partial charge in [-0.2, -0.15) is 5.10 Å². The SMILES string of the molecule is Cc1cnc(C(=O)N2Cc3nccn3C[C@@H](Cn3cccn3)C2)cn1. The van der Waals surface area contributed by atoms with Gasteiger partial charge >= 0.3 is 0 Å². The molecule has 0 spiro atoms. The smallest absolute Gasteiger partial charge is 0.274 e. The summed E-state index contributed by atoms with van der Waals surface area (Å²) in [6.07, 6.45) is 10.6. The van der Waals surface area contributed by atoms with Crippen molar-refractivity contribution in [2.45, 2.75) is 26.6 Å². The predicted octanol–water partition coefficient (Wildman–Crippen LogP) is 1.15. The number of hydrogen-bond acceptors (Lipinski definition) is 5. The quantitative estimate of drug-likeness (QED) is 0.716. The molecule has 1 aliphatic heterocycles. The van der Waals surface area contributed by atoms with Gasteiger partial charge in [-0.3, -0.25) is 14.5 Å². The zero-order valence-corrected chi connectivity index (χ0v) is 14.0. The summed E-state index contributed by atoms with van der Waals surface area (Å²) >= 11 is 0. The van der Waals surface area contributed by atoms with Gasteiger partial charge in [-0.1, -0.05) is 0 Å². The summed E-state index contributed by atoms with van der Waals surface area (Å²) in [5, 5.41) is 4.29. The Hall–Kier alpha value is -3.03. The molecule has 0 radical (unpaired) electrons. The molecule has 8 nitrogen and oxygen atoms in total. The lowest BCUT2D eigenvalue weighted by Gasteiger charge is -2.23. The number of nitrogens with zero attached hydrogens (tertiary/aromatic N) is 7. The van der Waals surface area contributed by atoms with Gasteiger partial charge in [-0.25, -0.2) is 9.97 Å². The predicted molar refractivity (Wildman–Crippen MR) is 89.5 cm³/mol. The van der Waals surface area contributed by atoms with Crippen molar-refractivity contribution in [3.05, 3.63) is 60.5 Å². The van der Waals surface area contributed by atoms with Gasteiger partial charge in [-0.05, 0) is 13.0 Å². The van der Waals surface area contributed by atoms with Crippen LogP contribution in [-0.2, 0) is 19.6 Å². The Morgan fingerprint density at radius 3 is 2.84 bits per heavy atom. The zero-order valence-electron chi connectivity index (χ0n) is 14.0. The molecule has 3 aromatic heterocycles. The Balaban J connectivity index is 1.60. The van der Waals surface area contributed by atoms with Gasteiger partial charge in [0.15, 0.2) is 0 Å². The lowest BCUT2D eigenvalue weighted by molar-refractivity contribution is 0.0706. The third kappa shape index (κ3) is 3.28. The van der Waals surface area contributed by atoms with Gasteiger partial charge in [0.2, 0.25) is 0 Å². The number of imidazole rings is 1. The molecular weight excluding hydrogens is 318 g/mol. The van der Waals surface area contributed by atoms with Crippen molar-refractivity contribution < 1.29 is 4.79 Å². The molecule has 1 aliphatic rings. The third-order valence-electron chi connectivity index (χ3n) is 4.36. The summed E-state index contributed by atoms with van der Waals surface area (Å²) in [6.45, 7) is 4.49. The minimum absolute atomic E-state index is 0.116. The van der Waals surface area contributed by atoms with E-state index in [0.717, 1.165) is 24.6 Å². The largest absolute Gasteiger partial charge is 0.333 e. The van der Waals surface area contributed by atoms with Gasteiger partial charge in [0.1, 0.15) is 11.5 Å². The first kappa shape index (κ1) is 15.5. The molecule has 0 bridgehead atoms. The van der Waals surface area contributed by atoms with Crippen molar-refractivity contribution in [1.29, 1.82) is 0 Å². The van der Waals surface area contributed by atoms with E-state index in [1.807, 2.05) is 30.1 Å². The zero-order chi connectivity index (χ0) is 17.2. The molecule has 4 heterocycles. The van der Waals surface area contributed by atoms with Crippen LogP contribution in [0, 0.1) is 12.8 Å². The van der Waals surface area contributed by atoms with E-state index < -0.39 is 0 Å². The Kier molecular flexibility index (Phi) is 4.01. The highest BCUT2D eigenvalue weighted by Crippen LogP contribution is 2.18. The lowest BCUT2D eigenvalue weighted by atomic mass is 10.1. The van der Waals surface area contributed by atoms with Crippen LogP contribution in [0.5, 0.6) is 0 Å². The molecule has 0 unspecified atom stereocenters. The van der Waals surface area contributed by atoms with Gasteiger partial charge < -0.3 is 9.47 Å². The van der Waals surface area contributed by atoms with Gasteiger partial charge in [0.05, 0.1) is 18.4 Å². The average molecular weight is 337 g/mol. The second-order valence-electron chi connectivity index (χ2n) is 6.32. The second kappa shape index (κ2) is 6.46. The molecule has 8 heteroatoms. The van der Waals surface area contributed by atoms with Crippen molar-refractivity contribution >= 4 is 5.91 Å². The van der Waals surface area contributed by atoms with Gasteiger partial charge in [0, 0.05) is 56.5 Å². The van der Waals surface area contributed by atoms with Crippen LogP contribution < -0.4 is 0 Å². The molecule has 4 rings (SSSR count). The third-order valence-corrected chi connectivity index (χ3v) is 4.36. The Labute approximate surface area is 145 Å². The first-order chi connectivity index (χ1) is 12.2. The summed E-state index contributed by atoms with van der Waals surface area (Å²) in [5.74, 6) is 1.00. The van der Waals surface area contributed by atoms with E-state index >= 15 is 0 Å². The molecule has 0 aromatic carbocycles. The lowest BCUT2D eigenvalue weighted by Crippen LogP contribution is -2.36. The first-order valence-electron chi connectivity index (χ1n) is 8.24. The molecule has 3 aromatic rings. The Morgan fingerprint density at radius 2 is 2.08 bits per heavy atom. The van der Waals surface area contributed by atoms with Crippen LogP contribution in [0.4, 0.5) is 0 Å². The van der Waals surface area contributed by atoms with E-state index in [1.54, 1.807) is 23.5 Å². The van der Waals surface area contributed by atoms with E-state index in [9.17, 15) is 4.79 Å². The highest BCUT2D eigenvalue weighted by molar-refractivity contribution is 5.91. The molecule has 0 fully saturated rings. The van der Waals surface area contributed by atoms with Crippen LogP contribution in [0.3, 0.4) is 0 Å². The Morgan fingerprint density at radius 1 is 1.16 bits per heavy atom. The highest BCUT2D eigenvalue weighted by atomic mass is 16.2. The highest BCUT2D eigenvalue weighted by Gasteiger charge is 2.27. The topological polar surface area (TPSA) is 81.7 Å². The van der Waals surface area contributed by atoms with E-state index in [4.69, 9.17) is 0 Å². The van der Waals surface area contributed by atoms with Crippen LogP contribution in [0.25, 0.3) is 0 Å². The molecule has 1 amide bonds. The van der Waals surface area contributed by atoms with Crippen molar-refractivity contribution in [3.63, 3.8) is 0 Å². The summed E-state index contributed by atoms with van der Waals surface area (Å²) < 4.78 is 4.02. The normalized spacial score (nSPS) is 17.2. The van der Waals surface area contributed by atoms with Crippen LogP contribution in [-0.4, -0.2) is 46.7 Å². The molecule has 0 saturated heterocycles. The molecular formula is C17H19N7O. The Bertz CT molecular complexity index is 854. The standard InChI is InChI=1S/C17H19N7O/c1-13-7-20-15(8-19-13)17(25)23-10-14(11-24-5-2-3-21-24)9-22-6-4-18-16(22)12-23/h2-8,14H,9-12H2,1H3/t14-/m1/s1. The maximum Gasteiger partial charge on any atom is 0.274 e. The number of aromatic nitrogens is 6. The number of hydrogen-bond donors (Lipinski definition) is 0. The number of fused-ring (bicyclic) bond motifs is 1. The van der Waals surface area contributed by atoms with E-state index in [2.05, 4.69) is 24.6 Å². The molecule has 1 atom stereocenters. The van der Waals surface area contributed by atoms with Crippen LogP contribution in [0.2, 0.25) is 0 Å². The summed E-state index contributed by atoms with van der Waals surface area (Å²) in [7, 11) is 0. The number of aryl methyl sites for hydroxylation is 1. The maximum absolute atomic E-state index is 12.9. The van der Waals surface area contributed by atoms with E-state index in [0.29, 0.717) is 18.8 Å². The molecule has 0 N–H and O–H groups in total. The number of rotatable bonds is 3. The monoisotopic (exact) mass is 337 g/mol. The maximum atomic E-state index is 12.9. The average Bonchev–Trinajstić information content (AvgIpc) is 3.24. The molecule has 0 saturated carbocycles. The number of carbonyl (C=O) groups is 1. The molecule has 25 heavy (non-hydrogen) atoms. The van der Waals surface area contributed by atoms with Crippen molar-refractivity contribution in [1.82, 2.24) is 34.2 Å². The van der Waals surface area contributed by atoms with Crippen LogP contribution in [0.15, 0.2) is 43.2 Å². The fourth-order valence-electron chi connectivity index (χ4n) is 3.15. The first-order valence-corrected chi connectivity index (χ1v) is 8.24. The van der Waals surface area contributed by atoms with Crippen LogP contribution in [0.1, 0.15) is 22.0 Å². The second-order valence-corrected chi connectivity index (χ2v) is 6.32. The summed E-state index contributed by atoms with van der Waals surface area (Å²) in [5.41, 5.74) is 1.16. The number of amides is 1. The van der Waals surface area contributed by atoms with Crippen molar-refractivity contribution in [2.24, 2.45) is 5.92 Å². The summed E-state index contributed by atoms with van der Waals surface area (Å²) in [6, 6.07) is 1.91. The van der Waals surface area contributed by atoms with Crippen molar-refractivity contribution in [3.8, 4) is 0 Å². The summed E-state index contributed by atoms with van der Waals surface area (Å²) in [4.78, 5) is 27.5. The number of carbonyl (C=O) groups excluding carboxylic acids is 1. The van der Waals surface area contributed by atoms with Gasteiger partial charge in [-0.15, -0.1) is 0 Å². The fraction of sp³-hybridized carbons (Fsp3) is 0.353. The van der Waals surface area contributed by atoms with E-state index in [-0.39, 0.29) is 11.8 Å². The molecule has 128 valence electrons. The van der Waals surface area contributed by atoms with Gasteiger partial charge in [0.25, 0.3) is 5.91 Å².